The first-order valence-electron chi connectivity index (χ1n) is 8.04. The summed E-state index contributed by atoms with van der Waals surface area (Å²) in [5.74, 6) is 4.10. The van der Waals surface area contributed by atoms with Crippen molar-refractivity contribution in [3.05, 3.63) is 0 Å². The van der Waals surface area contributed by atoms with E-state index in [1.807, 2.05) is 0 Å². The molecule has 0 spiro atoms. The SMILES string of the molecule is CCCCCCCCCCCC(=O)C(C)CC(=O)ON.[NaH]. The molecule has 4 nitrogen and oxygen atoms in total. The molecule has 0 aliphatic rings. The van der Waals surface area contributed by atoms with Gasteiger partial charge in [0.2, 0.25) is 0 Å². The number of ketones is 1. The van der Waals surface area contributed by atoms with E-state index >= 15 is 0 Å². The maximum atomic E-state index is 11.8. The Labute approximate surface area is 151 Å². The van der Waals surface area contributed by atoms with Crippen LogP contribution in [0.15, 0.2) is 0 Å². The molecule has 0 aliphatic carbocycles. The normalized spacial score (nSPS) is 11.6. The summed E-state index contributed by atoms with van der Waals surface area (Å²) in [4.78, 5) is 26.8. The molecular weight excluding hydrogens is 277 g/mol. The van der Waals surface area contributed by atoms with Crippen molar-refractivity contribution in [2.24, 2.45) is 11.8 Å². The van der Waals surface area contributed by atoms with Gasteiger partial charge in [-0.05, 0) is 6.42 Å². The van der Waals surface area contributed by atoms with Gasteiger partial charge in [-0.3, -0.25) is 9.59 Å². The summed E-state index contributed by atoms with van der Waals surface area (Å²) in [6.07, 6.45) is 11.8. The van der Waals surface area contributed by atoms with E-state index in [2.05, 4.69) is 11.8 Å². The number of carbonyl (C=O) groups is 2. The van der Waals surface area contributed by atoms with E-state index in [0.717, 1.165) is 12.8 Å². The van der Waals surface area contributed by atoms with Crippen LogP contribution in [0.1, 0.15) is 84.5 Å². The number of hydrogen-bond acceptors (Lipinski definition) is 4. The van der Waals surface area contributed by atoms with Crippen LogP contribution in [0.4, 0.5) is 0 Å². The molecule has 0 bridgehead atoms. The molecule has 1 unspecified atom stereocenters. The number of rotatable bonds is 13. The van der Waals surface area contributed by atoms with Crippen LogP contribution in [0.2, 0.25) is 0 Å². The van der Waals surface area contributed by atoms with Gasteiger partial charge in [-0.2, -0.15) is 5.90 Å². The van der Waals surface area contributed by atoms with Crippen LogP contribution < -0.4 is 5.90 Å². The molecule has 1 atom stereocenters. The van der Waals surface area contributed by atoms with Crippen molar-refractivity contribution < 1.29 is 14.4 Å². The zero-order valence-electron chi connectivity index (χ0n) is 13.2. The molecule has 0 amide bonds. The molecule has 0 aliphatic heterocycles. The van der Waals surface area contributed by atoms with Gasteiger partial charge in [-0.15, -0.1) is 0 Å². The van der Waals surface area contributed by atoms with Gasteiger partial charge in [0.05, 0.1) is 6.42 Å². The minimum absolute atomic E-state index is 0. The number of nitrogens with two attached hydrogens (primary N) is 1. The molecule has 0 aromatic rings. The number of Topliss-reactive ketones (excluding diaryl/α,β-unsaturated/α-hetero) is 1. The van der Waals surface area contributed by atoms with E-state index in [1.54, 1.807) is 6.92 Å². The van der Waals surface area contributed by atoms with Gasteiger partial charge in [-0.1, -0.05) is 65.2 Å². The first-order valence-corrected chi connectivity index (χ1v) is 8.04. The quantitative estimate of drug-likeness (QED) is 0.322. The van der Waals surface area contributed by atoms with E-state index in [9.17, 15) is 9.59 Å². The summed E-state index contributed by atoms with van der Waals surface area (Å²) in [6.45, 7) is 3.98. The van der Waals surface area contributed by atoms with Crippen LogP contribution in [0.3, 0.4) is 0 Å². The molecule has 0 saturated heterocycles. The fourth-order valence-electron chi connectivity index (χ4n) is 2.27. The first kappa shape index (κ1) is 23.4. The van der Waals surface area contributed by atoms with E-state index < -0.39 is 5.97 Å². The Kier molecular flexibility index (Phi) is 18.3. The predicted molar refractivity (Wildman–Crippen MR) is 88.1 cm³/mol. The van der Waals surface area contributed by atoms with E-state index in [-0.39, 0.29) is 47.7 Å². The summed E-state index contributed by atoms with van der Waals surface area (Å²) in [6, 6.07) is 0. The number of unbranched alkanes of at least 4 members (excludes halogenated alkanes) is 8. The van der Waals surface area contributed by atoms with E-state index in [1.165, 1.54) is 44.9 Å². The molecule has 2 N–H and O–H groups in total. The van der Waals surface area contributed by atoms with E-state index in [4.69, 9.17) is 5.90 Å². The van der Waals surface area contributed by atoms with Crippen LogP contribution in [0.25, 0.3) is 0 Å². The number of hydrogen-bond donors (Lipinski definition) is 1. The van der Waals surface area contributed by atoms with Gasteiger partial charge in [-0.25, -0.2) is 0 Å². The molecule has 0 fully saturated rings. The standard InChI is InChI=1S/C16H31NO3.Na.H/c1-3-4-5-6-7-8-9-10-11-12-15(18)14(2)13-16(19)20-17;;/h14H,3-13,17H2,1-2H3;;. The third-order valence-corrected chi connectivity index (χ3v) is 3.68. The Morgan fingerprint density at radius 2 is 1.43 bits per heavy atom. The van der Waals surface area contributed by atoms with Gasteiger partial charge in [0, 0.05) is 12.3 Å². The van der Waals surface area contributed by atoms with Crippen molar-refractivity contribution in [2.45, 2.75) is 84.5 Å². The summed E-state index contributed by atoms with van der Waals surface area (Å²) < 4.78 is 0. The van der Waals surface area contributed by atoms with Gasteiger partial charge < -0.3 is 4.84 Å². The Hall–Kier alpha value is 0.1000. The average molecular weight is 309 g/mol. The van der Waals surface area contributed by atoms with Crippen LogP contribution in [0.5, 0.6) is 0 Å². The predicted octanol–water partition coefficient (Wildman–Crippen LogP) is 3.27. The Morgan fingerprint density at radius 3 is 1.90 bits per heavy atom. The van der Waals surface area contributed by atoms with Crippen molar-refractivity contribution in [3.8, 4) is 0 Å². The Balaban J connectivity index is 0. The van der Waals surface area contributed by atoms with Crippen LogP contribution >= 0.6 is 0 Å². The molecular formula is C16H32NNaO3. The molecule has 0 saturated carbocycles. The monoisotopic (exact) mass is 309 g/mol. The molecule has 21 heavy (non-hydrogen) atoms. The van der Waals surface area contributed by atoms with Crippen LogP contribution in [0, 0.1) is 5.92 Å². The molecule has 0 aromatic heterocycles. The van der Waals surface area contributed by atoms with E-state index in [0.29, 0.717) is 6.42 Å². The molecule has 0 aromatic carbocycles. The van der Waals surface area contributed by atoms with Crippen LogP contribution in [-0.2, 0) is 14.4 Å². The minimum atomic E-state index is -0.516. The average Bonchev–Trinajstić information content (AvgIpc) is 2.45. The van der Waals surface area contributed by atoms with Crippen molar-refractivity contribution in [3.63, 3.8) is 0 Å². The molecule has 5 heteroatoms. The second-order valence-corrected chi connectivity index (χ2v) is 5.64. The van der Waals surface area contributed by atoms with Crippen molar-refractivity contribution in [1.29, 1.82) is 0 Å². The second kappa shape index (κ2) is 16.5. The van der Waals surface area contributed by atoms with Gasteiger partial charge in [0.25, 0.3) is 0 Å². The van der Waals surface area contributed by atoms with Crippen molar-refractivity contribution in [1.82, 2.24) is 0 Å². The molecule has 0 heterocycles. The van der Waals surface area contributed by atoms with Gasteiger partial charge >= 0.3 is 35.5 Å². The second-order valence-electron chi connectivity index (χ2n) is 5.64. The fraction of sp³-hybridized carbons (Fsp3) is 0.875. The third-order valence-electron chi connectivity index (χ3n) is 3.68. The fourth-order valence-corrected chi connectivity index (χ4v) is 2.27. The van der Waals surface area contributed by atoms with Gasteiger partial charge in [0.1, 0.15) is 5.78 Å². The molecule has 0 radical (unpaired) electrons. The zero-order valence-corrected chi connectivity index (χ0v) is 13.2. The summed E-state index contributed by atoms with van der Waals surface area (Å²) in [5.41, 5.74) is 0. The summed E-state index contributed by atoms with van der Waals surface area (Å²) in [7, 11) is 0. The summed E-state index contributed by atoms with van der Waals surface area (Å²) in [5, 5.41) is 0. The molecule has 0 rings (SSSR count). The maximum absolute atomic E-state index is 11.8. The summed E-state index contributed by atoms with van der Waals surface area (Å²) >= 11 is 0. The molecule has 120 valence electrons. The Bertz CT molecular complexity index is 272. The Morgan fingerprint density at radius 1 is 0.952 bits per heavy atom. The van der Waals surface area contributed by atoms with Gasteiger partial charge in [0.15, 0.2) is 0 Å². The zero-order chi connectivity index (χ0) is 15.2. The van der Waals surface area contributed by atoms with Crippen molar-refractivity contribution >= 4 is 41.3 Å². The third kappa shape index (κ3) is 14.8. The topological polar surface area (TPSA) is 69.4 Å². The van der Waals surface area contributed by atoms with Crippen LogP contribution in [-0.4, -0.2) is 41.3 Å². The van der Waals surface area contributed by atoms with Crippen molar-refractivity contribution in [2.75, 3.05) is 0 Å². The number of carbonyl (C=O) groups excluding carboxylic acids is 2. The first-order chi connectivity index (χ1) is 9.61.